The van der Waals surface area contributed by atoms with Crippen molar-refractivity contribution in [2.24, 2.45) is 28.6 Å². The van der Waals surface area contributed by atoms with Gasteiger partial charge in [0.2, 0.25) is 0 Å². The van der Waals surface area contributed by atoms with Gasteiger partial charge in [0.25, 0.3) is 0 Å². The summed E-state index contributed by atoms with van der Waals surface area (Å²) in [5.41, 5.74) is -1.55. The number of aliphatic hydroxyl groups is 1. The second-order valence-corrected chi connectivity index (χ2v) is 13.1. The highest BCUT2D eigenvalue weighted by Crippen LogP contribution is 2.69. The summed E-state index contributed by atoms with van der Waals surface area (Å²) in [7, 11) is 0. The van der Waals surface area contributed by atoms with Crippen molar-refractivity contribution in [2.45, 2.75) is 94.5 Å². The van der Waals surface area contributed by atoms with Gasteiger partial charge in [-0.05, 0) is 61.5 Å². The minimum absolute atomic E-state index is 0.0688. The summed E-state index contributed by atoms with van der Waals surface area (Å²) in [6.07, 6.45) is 7.28. The lowest BCUT2D eigenvalue weighted by atomic mass is 9.45. The van der Waals surface area contributed by atoms with E-state index < -0.39 is 23.2 Å². The van der Waals surface area contributed by atoms with Crippen LogP contribution in [0.1, 0.15) is 65.7 Å². The van der Waals surface area contributed by atoms with Crippen molar-refractivity contribution in [2.75, 3.05) is 11.6 Å². The fraction of sp³-hybridized carbons (Fsp3) is 0.750. The van der Waals surface area contributed by atoms with E-state index in [1.54, 1.807) is 12.4 Å². The molecule has 4 aliphatic rings. The van der Waals surface area contributed by atoms with Gasteiger partial charge in [-0.3, -0.25) is 14.6 Å². The Bertz CT molecular complexity index is 995. The Morgan fingerprint density at radius 1 is 1.31 bits per heavy atom. The molecule has 1 aromatic heterocycles. The molecule has 1 aliphatic heterocycles. The quantitative estimate of drug-likeness (QED) is 0.226. The molecule has 1 N–H and O–H groups in total. The predicted molar refractivity (Wildman–Crippen MR) is 139 cm³/mol. The molecule has 3 aliphatic carbocycles. The molecule has 0 amide bonds. The highest BCUT2D eigenvalue weighted by molar-refractivity contribution is 8.00. The van der Waals surface area contributed by atoms with E-state index in [2.05, 4.69) is 25.8 Å². The number of hydrogen-bond acceptors (Lipinski definition) is 7. The zero-order chi connectivity index (χ0) is 25.7. The van der Waals surface area contributed by atoms with Gasteiger partial charge >= 0.3 is 5.97 Å². The average molecular weight is 536 g/mol. The van der Waals surface area contributed by atoms with Gasteiger partial charge in [0.1, 0.15) is 17.5 Å². The van der Waals surface area contributed by atoms with Crippen molar-refractivity contribution in [3.8, 4) is 0 Å². The number of thioether (sulfide) groups is 1. The molecular formula is C28H38ClNO5S. The molecule has 0 radical (unpaired) electrons. The molecule has 0 unspecified atom stereocenters. The van der Waals surface area contributed by atoms with Crippen molar-refractivity contribution in [3.63, 3.8) is 0 Å². The summed E-state index contributed by atoms with van der Waals surface area (Å²) < 4.78 is 12.7. The molecule has 1 aromatic rings. The molecular weight excluding hydrogens is 498 g/mol. The van der Waals surface area contributed by atoms with E-state index in [-0.39, 0.29) is 46.8 Å². The average Bonchev–Trinajstić information content (AvgIpc) is 3.47. The van der Waals surface area contributed by atoms with Crippen LogP contribution in [0.15, 0.2) is 29.4 Å². The van der Waals surface area contributed by atoms with Crippen LogP contribution in [0.4, 0.5) is 0 Å². The normalized spacial score (nSPS) is 43.5. The SMILES string of the molecule is C[C@@H]1CC[C@@]23CCC(=O)[C@H]2[C@]1(C)[C@@H](OC(=O)CSc1ccncc1)C[C@@]1(O[C@@H]1CCCCl)[C@@H](O)[C@@H]3C. The van der Waals surface area contributed by atoms with Gasteiger partial charge in [-0.1, -0.05) is 20.8 Å². The summed E-state index contributed by atoms with van der Waals surface area (Å²) >= 11 is 7.40. The molecule has 0 aromatic carbocycles. The Hall–Kier alpha value is -1.15. The fourth-order valence-electron chi connectivity index (χ4n) is 8.05. The number of ketones is 1. The van der Waals surface area contributed by atoms with Gasteiger partial charge in [0, 0.05) is 47.3 Å². The van der Waals surface area contributed by atoms with Crippen LogP contribution in [0, 0.1) is 28.6 Å². The highest BCUT2D eigenvalue weighted by atomic mass is 35.5. The molecule has 8 heteroatoms. The van der Waals surface area contributed by atoms with Crippen LogP contribution in [-0.4, -0.2) is 57.4 Å². The second kappa shape index (κ2) is 9.87. The number of alkyl halides is 1. The summed E-state index contributed by atoms with van der Waals surface area (Å²) in [6.45, 7) is 6.49. The number of aromatic nitrogens is 1. The standard InChI is InChI=1S/C28H38ClNO5S/c1-17-6-10-27-11-7-20(31)24(27)26(17,3)22(34-23(32)16-36-19-8-13-30-14-9-19)15-28(25(33)18(27)2)21(35-28)5-4-12-29/h8-9,13-14,17-18,21-22,24-25,33H,4-7,10-12,15-16H2,1-3H3/t17-,18+,21-,22+,24+,25+,26+,27+,28+/m1/s1. The van der Waals surface area contributed by atoms with E-state index in [0.29, 0.717) is 18.7 Å². The highest BCUT2D eigenvalue weighted by Gasteiger charge is 2.73. The van der Waals surface area contributed by atoms with E-state index in [1.807, 2.05) is 12.1 Å². The maximum absolute atomic E-state index is 13.5. The number of carbonyl (C=O) groups is 2. The lowest BCUT2D eigenvalue weighted by molar-refractivity contribution is -0.201. The monoisotopic (exact) mass is 535 g/mol. The Morgan fingerprint density at radius 2 is 2.06 bits per heavy atom. The molecule has 2 heterocycles. The number of hydrogen-bond donors (Lipinski definition) is 1. The topological polar surface area (TPSA) is 89.0 Å². The fourth-order valence-corrected chi connectivity index (χ4v) is 8.87. The maximum atomic E-state index is 13.5. The van der Waals surface area contributed by atoms with Crippen molar-refractivity contribution in [3.05, 3.63) is 24.5 Å². The molecule has 4 fully saturated rings. The lowest BCUT2D eigenvalue weighted by Gasteiger charge is -2.60. The number of aliphatic hydroxyl groups excluding tert-OH is 1. The van der Waals surface area contributed by atoms with Gasteiger partial charge in [-0.2, -0.15) is 0 Å². The number of rotatable bonds is 7. The Kier molecular flexibility index (Phi) is 7.25. The maximum Gasteiger partial charge on any atom is 0.316 e. The van der Waals surface area contributed by atoms with Crippen LogP contribution < -0.4 is 0 Å². The number of carbonyl (C=O) groups excluding carboxylic acids is 2. The van der Waals surface area contributed by atoms with Crippen molar-refractivity contribution >= 4 is 35.1 Å². The number of pyridine rings is 1. The molecule has 6 nitrogen and oxygen atoms in total. The summed E-state index contributed by atoms with van der Waals surface area (Å²) in [4.78, 5) is 31.7. The van der Waals surface area contributed by atoms with Crippen molar-refractivity contribution in [1.82, 2.24) is 4.98 Å². The zero-order valence-electron chi connectivity index (χ0n) is 21.5. The van der Waals surface area contributed by atoms with Crippen molar-refractivity contribution in [1.29, 1.82) is 0 Å². The van der Waals surface area contributed by atoms with E-state index in [4.69, 9.17) is 21.1 Å². The van der Waals surface area contributed by atoms with Gasteiger partial charge in [0.05, 0.1) is 18.0 Å². The lowest BCUT2D eigenvalue weighted by Crippen LogP contribution is -2.63. The Morgan fingerprint density at radius 3 is 2.78 bits per heavy atom. The van der Waals surface area contributed by atoms with Gasteiger partial charge < -0.3 is 14.6 Å². The first-order valence-electron chi connectivity index (χ1n) is 13.4. The van der Waals surface area contributed by atoms with Gasteiger partial charge in [-0.15, -0.1) is 23.4 Å². The smallest absolute Gasteiger partial charge is 0.316 e. The molecule has 1 saturated heterocycles. The third kappa shape index (κ3) is 4.13. The molecule has 2 bridgehead atoms. The largest absolute Gasteiger partial charge is 0.461 e. The first-order chi connectivity index (χ1) is 17.2. The number of Topliss-reactive ketones (excluding diaryl/α,β-unsaturated/α-hetero) is 1. The number of ether oxygens (including phenoxy) is 2. The van der Waals surface area contributed by atoms with Gasteiger partial charge in [0.15, 0.2) is 0 Å². The second-order valence-electron chi connectivity index (χ2n) is 11.7. The Labute approximate surface area is 223 Å². The van der Waals surface area contributed by atoms with Crippen LogP contribution in [0.2, 0.25) is 0 Å². The van der Waals surface area contributed by atoms with E-state index in [0.717, 1.165) is 37.0 Å². The molecule has 5 rings (SSSR count). The predicted octanol–water partition coefficient (Wildman–Crippen LogP) is 5.04. The van der Waals surface area contributed by atoms with Crippen molar-refractivity contribution < 1.29 is 24.2 Å². The van der Waals surface area contributed by atoms with Gasteiger partial charge in [-0.25, -0.2) is 0 Å². The number of halogens is 1. The van der Waals surface area contributed by atoms with Crippen LogP contribution in [0.5, 0.6) is 0 Å². The molecule has 36 heavy (non-hydrogen) atoms. The Balaban J connectivity index is 1.48. The van der Waals surface area contributed by atoms with Crippen LogP contribution in [0.25, 0.3) is 0 Å². The van der Waals surface area contributed by atoms with E-state index in [1.165, 1.54) is 11.8 Å². The molecule has 9 atom stereocenters. The molecule has 3 saturated carbocycles. The summed E-state index contributed by atoms with van der Waals surface area (Å²) in [6, 6.07) is 3.74. The third-order valence-corrected chi connectivity index (χ3v) is 11.5. The van der Waals surface area contributed by atoms with Crippen LogP contribution >= 0.6 is 23.4 Å². The first kappa shape index (κ1) is 26.5. The number of esters is 1. The summed E-state index contributed by atoms with van der Waals surface area (Å²) in [5, 5.41) is 11.8. The van der Waals surface area contributed by atoms with E-state index >= 15 is 0 Å². The molecule has 198 valence electrons. The minimum Gasteiger partial charge on any atom is -0.461 e. The zero-order valence-corrected chi connectivity index (χ0v) is 23.0. The first-order valence-corrected chi connectivity index (χ1v) is 14.9. The minimum atomic E-state index is -0.753. The summed E-state index contributed by atoms with van der Waals surface area (Å²) in [5.74, 6) is 0.610. The van der Waals surface area contributed by atoms with E-state index in [9.17, 15) is 14.7 Å². The molecule has 1 spiro atoms. The van der Waals surface area contributed by atoms with Crippen LogP contribution in [-0.2, 0) is 19.1 Å². The number of epoxide rings is 1. The number of nitrogens with zero attached hydrogens (tertiary/aromatic N) is 1. The third-order valence-electron chi connectivity index (χ3n) is 10.3. The van der Waals surface area contributed by atoms with Crippen LogP contribution in [0.3, 0.4) is 0 Å².